The number of benzene rings is 2. The van der Waals surface area contributed by atoms with Crippen LogP contribution in [0.5, 0.6) is 0 Å². The second kappa shape index (κ2) is 9.44. The minimum atomic E-state index is -1.11. The molecule has 2 aromatic rings. The number of carboxylic acid groups (broad SMARTS) is 1. The van der Waals surface area contributed by atoms with Crippen molar-refractivity contribution in [2.24, 2.45) is 0 Å². The number of hydrogen-bond acceptors (Lipinski definition) is 4. The van der Waals surface area contributed by atoms with Crippen LogP contribution < -0.4 is 5.32 Å². The van der Waals surface area contributed by atoms with Gasteiger partial charge in [0.1, 0.15) is 12.6 Å². The number of carboxylic acids is 1. The highest BCUT2D eigenvalue weighted by Gasteiger charge is 2.21. The Kier molecular flexibility index (Phi) is 6.98. The van der Waals surface area contributed by atoms with Crippen LogP contribution in [-0.4, -0.2) is 30.3 Å². The van der Waals surface area contributed by atoms with Crippen LogP contribution in [0.25, 0.3) is 0 Å². The van der Waals surface area contributed by atoms with Crippen molar-refractivity contribution in [3.05, 3.63) is 71.3 Å². The van der Waals surface area contributed by atoms with Crippen LogP contribution in [0.3, 0.4) is 0 Å². The van der Waals surface area contributed by atoms with Gasteiger partial charge in [0.05, 0.1) is 6.61 Å². The molecular formula is C19H21NO5. The highest BCUT2D eigenvalue weighted by Crippen LogP contribution is 2.08. The molecule has 2 aromatic carbocycles. The summed E-state index contributed by atoms with van der Waals surface area (Å²) in [5.41, 5.74) is 2.65. The highest BCUT2D eigenvalue weighted by atomic mass is 16.5. The van der Waals surface area contributed by atoms with E-state index < -0.39 is 18.1 Å². The van der Waals surface area contributed by atoms with E-state index in [0.29, 0.717) is 6.61 Å². The van der Waals surface area contributed by atoms with Crippen molar-refractivity contribution in [2.45, 2.75) is 25.7 Å². The Morgan fingerprint density at radius 1 is 0.960 bits per heavy atom. The van der Waals surface area contributed by atoms with Crippen LogP contribution in [-0.2, 0) is 33.9 Å². The smallest absolute Gasteiger partial charge is 0.408 e. The van der Waals surface area contributed by atoms with Gasteiger partial charge in [-0.3, -0.25) is 0 Å². The minimum Gasteiger partial charge on any atom is -0.480 e. The van der Waals surface area contributed by atoms with E-state index >= 15 is 0 Å². The Hall–Kier alpha value is -2.86. The fourth-order valence-electron chi connectivity index (χ4n) is 2.28. The number of ether oxygens (including phenoxy) is 2. The molecule has 0 aliphatic rings. The van der Waals surface area contributed by atoms with E-state index in [0.717, 1.165) is 16.7 Å². The normalized spacial score (nSPS) is 11.6. The lowest BCUT2D eigenvalue weighted by molar-refractivity contribution is -0.139. The van der Waals surface area contributed by atoms with Crippen molar-refractivity contribution in [1.29, 1.82) is 0 Å². The van der Waals surface area contributed by atoms with Crippen LogP contribution >= 0.6 is 0 Å². The van der Waals surface area contributed by atoms with E-state index in [2.05, 4.69) is 5.32 Å². The molecule has 1 atom stereocenters. The summed E-state index contributed by atoms with van der Waals surface area (Å²) in [4.78, 5) is 23.2. The third-order valence-electron chi connectivity index (χ3n) is 3.58. The third kappa shape index (κ3) is 6.27. The van der Waals surface area contributed by atoms with E-state index in [-0.39, 0.29) is 13.0 Å². The fraction of sp³-hybridized carbons (Fsp3) is 0.263. The average molecular weight is 343 g/mol. The summed E-state index contributed by atoms with van der Waals surface area (Å²) < 4.78 is 10.1. The standard InChI is InChI=1S/C19H21NO5/c1-24-12-15-7-9-16(10-8-15)13-25-19(23)20-17(18(21)22)11-14-5-3-2-4-6-14/h2-10,17H,11-13H2,1H3,(H,20,23)(H,21,22). The molecule has 0 fully saturated rings. The molecule has 1 amide bonds. The molecule has 0 spiro atoms. The number of methoxy groups -OCH3 is 1. The molecule has 132 valence electrons. The van der Waals surface area contributed by atoms with Crippen molar-refractivity contribution in [1.82, 2.24) is 5.32 Å². The van der Waals surface area contributed by atoms with Crippen molar-refractivity contribution in [3.63, 3.8) is 0 Å². The summed E-state index contributed by atoms with van der Waals surface area (Å²) in [6, 6.07) is 15.5. The SMILES string of the molecule is COCc1ccc(COC(=O)NC(Cc2ccccc2)C(=O)O)cc1. The molecule has 2 rings (SSSR count). The summed E-state index contributed by atoms with van der Waals surface area (Å²) in [5.74, 6) is -1.11. The van der Waals surface area contributed by atoms with Crippen molar-refractivity contribution >= 4 is 12.1 Å². The maximum Gasteiger partial charge on any atom is 0.408 e. The molecule has 0 aliphatic heterocycles. The first kappa shape index (κ1) is 18.5. The number of aliphatic carboxylic acids is 1. The van der Waals surface area contributed by atoms with Gasteiger partial charge >= 0.3 is 12.1 Å². The van der Waals surface area contributed by atoms with E-state index in [1.54, 1.807) is 7.11 Å². The topological polar surface area (TPSA) is 84.9 Å². The molecule has 6 nitrogen and oxygen atoms in total. The number of carbonyl (C=O) groups is 2. The first-order valence-corrected chi connectivity index (χ1v) is 7.85. The predicted octanol–water partition coefficient (Wildman–Crippen LogP) is 2.76. The van der Waals surface area contributed by atoms with Gasteiger partial charge in [0, 0.05) is 13.5 Å². The molecular weight excluding hydrogens is 322 g/mol. The van der Waals surface area contributed by atoms with Gasteiger partial charge in [-0.1, -0.05) is 54.6 Å². The number of amides is 1. The number of carbonyl (C=O) groups excluding carboxylic acids is 1. The number of alkyl carbamates (subject to hydrolysis) is 1. The summed E-state index contributed by atoms with van der Waals surface area (Å²) in [5, 5.41) is 11.7. The fourth-order valence-corrected chi connectivity index (χ4v) is 2.28. The first-order valence-electron chi connectivity index (χ1n) is 7.85. The Morgan fingerprint density at radius 2 is 1.56 bits per heavy atom. The molecule has 0 saturated heterocycles. The quantitative estimate of drug-likeness (QED) is 0.770. The van der Waals surface area contributed by atoms with Crippen molar-refractivity contribution in [2.75, 3.05) is 7.11 Å². The van der Waals surface area contributed by atoms with E-state index in [4.69, 9.17) is 9.47 Å². The third-order valence-corrected chi connectivity index (χ3v) is 3.58. The Bertz CT molecular complexity index is 685. The van der Waals surface area contributed by atoms with Gasteiger partial charge < -0.3 is 19.9 Å². The predicted molar refractivity (Wildman–Crippen MR) is 92.0 cm³/mol. The lowest BCUT2D eigenvalue weighted by atomic mass is 10.1. The van der Waals surface area contributed by atoms with Gasteiger partial charge in [0.2, 0.25) is 0 Å². The van der Waals surface area contributed by atoms with Gasteiger partial charge in [-0.05, 0) is 16.7 Å². The summed E-state index contributed by atoms with van der Waals surface area (Å²) >= 11 is 0. The van der Waals surface area contributed by atoms with Crippen molar-refractivity contribution < 1.29 is 24.2 Å². The second-order valence-electron chi connectivity index (χ2n) is 5.55. The van der Waals surface area contributed by atoms with Crippen LogP contribution in [0.15, 0.2) is 54.6 Å². The molecule has 0 aliphatic carbocycles. The number of rotatable bonds is 8. The number of nitrogens with one attached hydrogen (secondary N) is 1. The summed E-state index contributed by atoms with van der Waals surface area (Å²) in [6.07, 6.45) is -0.568. The minimum absolute atomic E-state index is 0.0662. The van der Waals surface area contributed by atoms with Gasteiger partial charge in [-0.2, -0.15) is 0 Å². The van der Waals surface area contributed by atoms with Crippen LogP contribution in [0, 0.1) is 0 Å². The molecule has 0 radical (unpaired) electrons. The van der Waals surface area contributed by atoms with Crippen LogP contribution in [0.4, 0.5) is 4.79 Å². The average Bonchev–Trinajstić information content (AvgIpc) is 2.61. The molecule has 0 bridgehead atoms. The van der Waals surface area contributed by atoms with E-state index in [9.17, 15) is 14.7 Å². The zero-order chi connectivity index (χ0) is 18.1. The lowest BCUT2D eigenvalue weighted by Gasteiger charge is -2.15. The van der Waals surface area contributed by atoms with Gasteiger partial charge in [-0.15, -0.1) is 0 Å². The van der Waals surface area contributed by atoms with Gasteiger partial charge in [0.25, 0.3) is 0 Å². The molecule has 0 heterocycles. The largest absolute Gasteiger partial charge is 0.480 e. The van der Waals surface area contributed by atoms with Gasteiger partial charge in [0.15, 0.2) is 0 Å². The lowest BCUT2D eigenvalue weighted by Crippen LogP contribution is -2.42. The zero-order valence-corrected chi connectivity index (χ0v) is 14.0. The zero-order valence-electron chi connectivity index (χ0n) is 14.0. The molecule has 1 unspecified atom stereocenters. The molecule has 6 heteroatoms. The number of hydrogen-bond donors (Lipinski definition) is 2. The maximum atomic E-state index is 11.9. The van der Waals surface area contributed by atoms with Gasteiger partial charge in [-0.25, -0.2) is 9.59 Å². The molecule has 2 N–H and O–H groups in total. The van der Waals surface area contributed by atoms with E-state index in [1.165, 1.54) is 0 Å². The monoisotopic (exact) mass is 343 g/mol. The van der Waals surface area contributed by atoms with Crippen molar-refractivity contribution in [3.8, 4) is 0 Å². The highest BCUT2D eigenvalue weighted by molar-refractivity contribution is 5.80. The van der Waals surface area contributed by atoms with Crippen LogP contribution in [0.1, 0.15) is 16.7 Å². The van der Waals surface area contributed by atoms with Crippen LogP contribution in [0.2, 0.25) is 0 Å². The second-order valence-corrected chi connectivity index (χ2v) is 5.55. The Morgan fingerprint density at radius 3 is 2.12 bits per heavy atom. The summed E-state index contributed by atoms with van der Waals surface area (Å²) in [7, 11) is 1.62. The Balaban J connectivity index is 1.85. The molecule has 0 saturated carbocycles. The molecule has 0 aromatic heterocycles. The Labute approximate surface area is 146 Å². The maximum absolute atomic E-state index is 11.9. The summed E-state index contributed by atoms with van der Waals surface area (Å²) in [6.45, 7) is 0.582. The molecule has 25 heavy (non-hydrogen) atoms. The van der Waals surface area contributed by atoms with E-state index in [1.807, 2.05) is 54.6 Å². The first-order chi connectivity index (χ1) is 12.1.